The fraction of sp³-hybridized carbons (Fsp3) is 0.167. The third-order valence-corrected chi connectivity index (χ3v) is 11.3. The highest BCUT2D eigenvalue weighted by molar-refractivity contribution is 5.97. The fourth-order valence-electron chi connectivity index (χ4n) is 8.80. The van der Waals surface area contributed by atoms with E-state index in [0.29, 0.717) is 0 Å². The number of anilines is 6. The van der Waals surface area contributed by atoms with Gasteiger partial charge in [0.15, 0.2) is 0 Å². The van der Waals surface area contributed by atoms with Gasteiger partial charge in [-0.25, -0.2) is 0 Å². The molecule has 0 N–H and O–H groups in total. The largest absolute Gasteiger partial charge is 0.310 e. The van der Waals surface area contributed by atoms with Crippen LogP contribution >= 0.6 is 0 Å². The Morgan fingerprint density at radius 2 is 1.04 bits per heavy atom. The van der Waals surface area contributed by atoms with Gasteiger partial charge in [0.2, 0.25) is 0 Å². The van der Waals surface area contributed by atoms with E-state index in [-0.39, 0.29) is 10.8 Å². The van der Waals surface area contributed by atoms with E-state index in [2.05, 4.69) is 197 Å². The van der Waals surface area contributed by atoms with Crippen molar-refractivity contribution in [3.8, 4) is 11.1 Å². The maximum absolute atomic E-state index is 2.54. The molecule has 2 heterocycles. The Kier molecular flexibility index (Phi) is 6.67. The molecule has 7 aromatic rings. The molecule has 0 saturated heterocycles. The number of benzene rings is 7. The van der Waals surface area contributed by atoms with Gasteiger partial charge in [-0.15, -0.1) is 0 Å². The van der Waals surface area contributed by atoms with Crippen LogP contribution in [0.3, 0.4) is 0 Å². The van der Waals surface area contributed by atoms with E-state index < -0.39 is 0 Å². The van der Waals surface area contributed by atoms with Crippen LogP contribution in [0.4, 0.5) is 34.1 Å². The number of fused-ring (bicyclic) bond motifs is 5. The first-order chi connectivity index (χ1) is 24.1. The molecule has 0 saturated carbocycles. The first kappa shape index (κ1) is 30.5. The number of rotatable bonds is 4. The SMILES string of the molecule is Cc1cc(C)cc(N(c2ccc(-c3cccc4ccccc34)cc2)c2ccc3c(c2)C(C)(C)c2cccc4c2N3c2ccccc2C4(C)C)c1. The van der Waals surface area contributed by atoms with Crippen molar-refractivity contribution >= 4 is 44.9 Å². The molecule has 2 nitrogen and oxygen atoms in total. The van der Waals surface area contributed by atoms with Crippen molar-refractivity contribution in [3.05, 3.63) is 179 Å². The molecule has 0 amide bonds. The van der Waals surface area contributed by atoms with Crippen molar-refractivity contribution < 1.29 is 0 Å². The van der Waals surface area contributed by atoms with Gasteiger partial charge in [0.05, 0.1) is 17.1 Å². The van der Waals surface area contributed by atoms with E-state index >= 15 is 0 Å². The quantitative estimate of drug-likeness (QED) is 0.188. The molecule has 0 spiro atoms. The molecule has 2 heteroatoms. The Balaban J connectivity index is 1.23. The summed E-state index contributed by atoms with van der Waals surface area (Å²) in [5.41, 5.74) is 17.5. The van der Waals surface area contributed by atoms with E-state index in [1.807, 2.05) is 0 Å². The highest BCUT2D eigenvalue weighted by atomic mass is 15.2. The topological polar surface area (TPSA) is 6.48 Å². The molecule has 244 valence electrons. The van der Waals surface area contributed by atoms with Gasteiger partial charge in [-0.1, -0.05) is 125 Å². The highest BCUT2D eigenvalue weighted by Gasteiger charge is 2.45. The second-order valence-corrected chi connectivity index (χ2v) is 15.3. The van der Waals surface area contributed by atoms with Crippen LogP contribution in [-0.4, -0.2) is 0 Å². The Hall–Kier alpha value is -5.60. The van der Waals surface area contributed by atoms with Crippen LogP contribution < -0.4 is 9.80 Å². The van der Waals surface area contributed by atoms with Crippen molar-refractivity contribution in [1.29, 1.82) is 0 Å². The average Bonchev–Trinajstić information content (AvgIpc) is 3.11. The van der Waals surface area contributed by atoms with Gasteiger partial charge in [-0.05, 0) is 118 Å². The van der Waals surface area contributed by atoms with Crippen LogP contribution in [0.1, 0.15) is 61.1 Å². The highest BCUT2D eigenvalue weighted by Crippen LogP contribution is 2.60. The number of hydrogen-bond donors (Lipinski definition) is 0. The normalized spacial score (nSPS) is 14.9. The van der Waals surface area contributed by atoms with Crippen LogP contribution in [0.15, 0.2) is 146 Å². The molecule has 0 aliphatic carbocycles. The summed E-state index contributed by atoms with van der Waals surface area (Å²) < 4.78 is 0. The van der Waals surface area contributed by atoms with Gasteiger partial charge < -0.3 is 9.80 Å². The van der Waals surface area contributed by atoms with Crippen LogP contribution in [0.2, 0.25) is 0 Å². The number of nitrogens with zero attached hydrogens (tertiary/aromatic N) is 2. The van der Waals surface area contributed by atoms with Crippen molar-refractivity contribution in [2.45, 2.75) is 52.4 Å². The lowest BCUT2D eigenvalue weighted by Gasteiger charge is -2.49. The minimum atomic E-state index is -0.206. The molecule has 0 atom stereocenters. The smallest absolute Gasteiger partial charge is 0.0543 e. The van der Waals surface area contributed by atoms with Crippen molar-refractivity contribution in [2.24, 2.45) is 0 Å². The lowest BCUT2D eigenvalue weighted by molar-refractivity contribution is 0.597. The molecule has 0 aromatic heterocycles. The number of aryl methyl sites for hydroxylation is 2. The molecule has 2 aliphatic rings. The van der Waals surface area contributed by atoms with Gasteiger partial charge in [-0.3, -0.25) is 0 Å². The Morgan fingerprint density at radius 1 is 0.460 bits per heavy atom. The molecule has 7 aromatic carbocycles. The molecule has 9 rings (SSSR count). The first-order valence-electron chi connectivity index (χ1n) is 17.8. The van der Waals surface area contributed by atoms with Gasteiger partial charge in [0.1, 0.15) is 0 Å². The zero-order chi connectivity index (χ0) is 34.4. The minimum absolute atomic E-state index is 0.0933. The van der Waals surface area contributed by atoms with Crippen molar-refractivity contribution in [3.63, 3.8) is 0 Å². The van der Waals surface area contributed by atoms with Crippen molar-refractivity contribution in [1.82, 2.24) is 0 Å². The Morgan fingerprint density at radius 3 is 1.80 bits per heavy atom. The van der Waals surface area contributed by atoms with E-state index in [0.717, 1.165) is 11.4 Å². The van der Waals surface area contributed by atoms with E-state index in [4.69, 9.17) is 0 Å². The Labute approximate surface area is 296 Å². The molecule has 50 heavy (non-hydrogen) atoms. The summed E-state index contributed by atoms with van der Waals surface area (Å²) in [4.78, 5) is 4.97. The monoisotopic (exact) mass is 646 g/mol. The molecule has 0 bridgehead atoms. The van der Waals surface area contributed by atoms with Gasteiger partial charge in [0, 0.05) is 27.9 Å². The summed E-state index contributed by atoms with van der Waals surface area (Å²) in [6.07, 6.45) is 0. The minimum Gasteiger partial charge on any atom is -0.310 e. The summed E-state index contributed by atoms with van der Waals surface area (Å²) in [5, 5.41) is 2.54. The van der Waals surface area contributed by atoms with Gasteiger partial charge in [-0.2, -0.15) is 0 Å². The van der Waals surface area contributed by atoms with Gasteiger partial charge in [0.25, 0.3) is 0 Å². The molecular weight excluding hydrogens is 605 g/mol. The van der Waals surface area contributed by atoms with E-state index in [1.54, 1.807) is 0 Å². The molecule has 2 aliphatic heterocycles. The molecule has 0 fully saturated rings. The maximum Gasteiger partial charge on any atom is 0.0543 e. The van der Waals surface area contributed by atoms with Crippen LogP contribution in [0, 0.1) is 13.8 Å². The molecule has 0 radical (unpaired) electrons. The predicted octanol–water partition coefficient (Wildman–Crippen LogP) is 13.3. The van der Waals surface area contributed by atoms with E-state index in [9.17, 15) is 0 Å². The standard InChI is InChI=1S/C48H42N2/c1-31-27-32(2)29-37(28-31)49(35-23-21-34(22-24-35)39-16-11-14-33-13-7-8-15-38(33)39)36-25-26-45-43(30-36)48(5,6)42-19-12-18-41-46(42)50(45)44-20-10-9-17-40(44)47(41,3)4/h7-30H,1-6H3. The number of para-hydroxylation sites is 2. The fourth-order valence-corrected chi connectivity index (χ4v) is 8.80. The summed E-state index contributed by atoms with van der Waals surface area (Å²) in [5.74, 6) is 0. The summed E-state index contributed by atoms with van der Waals surface area (Å²) in [6.45, 7) is 13.9. The third kappa shape index (κ3) is 4.48. The van der Waals surface area contributed by atoms with Crippen LogP contribution in [-0.2, 0) is 10.8 Å². The molecule has 0 unspecified atom stereocenters. The summed E-state index contributed by atoms with van der Waals surface area (Å²) in [6, 6.07) is 54.3. The zero-order valence-electron chi connectivity index (χ0n) is 29.8. The second kappa shape index (κ2) is 11.0. The van der Waals surface area contributed by atoms with Crippen LogP contribution in [0.5, 0.6) is 0 Å². The zero-order valence-corrected chi connectivity index (χ0v) is 29.8. The van der Waals surface area contributed by atoms with Crippen LogP contribution in [0.25, 0.3) is 21.9 Å². The second-order valence-electron chi connectivity index (χ2n) is 15.3. The average molecular weight is 647 g/mol. The summed E-state index contributed by atoms with van der Waals surface area (Å²) in [7, 11) is 0. The third-order valence-electron chi connectivity index (χ3n) is 11.3. The van der Waals surface area contributed by atoms with Gasteiger partial charge >= 0.3 is 0 Å². The number of hydrogen-bond acceptors (Lipinski definition) is 2. The summed E-state index contributed by atoms with van der Waals surface area (Å²) >= 11 is 0. The Bertz CT molecular complexity index is 2440. The lowest BCUT2D eigenvalue weighted by atomic mass is 9.66. The maximum atomic E-state index is 2.54. The molecular formula is C48H42N2. The first-order valence-corrected chi connectivity index (χ1v) is 17.8. The lowest BCUT2D eigenvalue weighted by Crippen LogP contribution is -2.38. The van der Waals surface area contributed by atoms with Crippen molar-refractivity contribution in [2.75, 3.05) is 9.80 Å². The predicted molar refractivity (Wildman–Crippen MR) is 212 cm³/mol. The van der Waals surface area contributed by atoms with E-state index in [1.165, 1.54) is 78.0 Å².